The molecule has 23 heavy (non-hydrogen) atoms. The Hall–Kier alpha value is -2.24. The van der Waals surface area contributed by atoms with Gasteiger partial charge in [-0.25, -0.2) is 4.79 Å². The van der Waals surface area contributed by atoms with Crippen LogP contribution in [0.5, 0.6) is 5.75 Å². The number of nitrogens with one attached hydrogen (secondary N) is 1. The summed E-state index contributed by atoms with van der Waals surface area (Å²) in [6.07, 6.45) is 0. The summed E-state index contributed by atoms with van der Waals surface area (Å²) in [5.74, 6) is -0.615. The third kappa shape index (κ3) is 6.18. The first-order chi connectivity index (χ1) is 11.0. The molecule has 5 nitrogen and oxygen atoms in total. The molecule has 2 aromatic rings. The first kappa shape index (κ1) is 17.1. The van der Waals surface area contributed by atoms with Crippen molar-refractivity contribution >= 4 is 40.8 Å². The molecule has 0 atom stereocenters. The van der Waals surface area contributed by atoms with E-state index in [-0.39, 0.29) is 6.61 Å². The molecule has 1 N–H and O–H groups in total. The van der Waals surface area contributed by atoms with Crippen LogP contribution in [-0.2, 0) is 14.3 Å². The molecular weight excluding hydrogens is 341 g/mol. The van der Waals surface area contributed by atoms with Gasteiger partial charge in [0.05, 0.1) is 0 Å². The molecule has 2 aromatic carbocycles. The van der Waals surface area contributed by atoms with Crippen LogP contribution in [-0.4, -0.2) is 25.1 Å². The molecule has 0 saturated heterocycles. The molecule has 0 aliphatic heterocycles. The molecule has 0 aliphatic carbocycles. The van der Waals surface area contributed by atoms with Gasteiger partial charge < -0.3 is 14.8 Å². The predicted octanol–water partition coefficient (Wildman–Crippen LogP) is 3.55. The number of ether oxygens (including phenoxy) is 2. The van der Waals surface area contributed by atoms with Crippen LogP contribution in [0.1, 0.15) is 0 Å². The van der Waals surface area contributed by atoms with Crippen LogP contribution in [0.3, 0.4) is 0 Å². The van der Waals surface area contributed by atoms with Gasteiger partial charge in [-0.05, 0) is 48.5 Å². The van der Waals surface area contributed by atoms with Gasteiger partial charge in [-0.2, -0.15) is 0 Å². The minimum Gasteiger partial charge on any atom is -0.482 e. The van der Waals surface area contributed by atoms with Crippen LogP contribution in [0, 0.1) is 0 Å². The molecule has 0 radical (unpaired) electrons. The summed E-state index contributed by atoms with van der Waals surface area (Å²) in [4.78, 5) is 23.2. The van der Waals surface area contributed by atoms with Gasteiger partial charge >= 0.3 is 5.97 Å². The van der Waals surface area contributed by atoms with Crippen LogP contribution in [0.2, 0.25) is 10.0 Å². The van der Waals surface area contributed by atoms with Gasteiger partial charge in [-0.1, -0.05) is 23.2 Å². The maximum absolute atomic E-state index is 11.6. The van der Waals surface area contributed by atoms with E-state index in [9.17, 15) is 9.59 Å². The zero-order valence-corrected chi connectivity index (χ0v) is 13.4. The largest absolute Gasteiger partial charge is 0.482 e. The Labute approximate surface area is 143 Å². The summed E-state index contributed by atoms with van der Waals surface area (Å²) >= 11 is 11.5. The zero-order chi connectivity index (χ0) is 16.7. The Balaban J connectivity index is 1.70. The molecule has 0 aliphatic rings. The van der Waals surface area contributed by atoms with E-state index in [1.165, 1.54) is 0 Å². The quantitative estimate of drug-likeness (QED) is 0.806. The van der Waals surface area contributed by atoms with Crippen LogP contribution in [0.15, 0.2) is 48.5 Å². The molecule has 0 bridgehead atoms. The van der Waals surface area contributed by atoms with E-state index in [4.69, 9.17) is 32.7 Å². The monoisotopic (exact) mass is 353 g/mol. The van der Waals surface area contributed by atoms with Crippen molar-refractivity contribution in [1.29, 1.82) is 0 Å². The Morgan fingerprint density at radius 3 is 2.04 bits per heavy atom. The number of hydrogen-bond donors (Lipinski definition) is 1. The maximum Gasteiger partial charge on any atom is 0.344 e. The number of benzene rings is 2. The lowest BCUT2D eigenvalue weighted by Crippen LogP contribution is -2.23. The summed E-state index contributed by atoms with van der Waals surface area (Å²) in [6, 6.07) is 13.1. The average molecular weight is 354 g/mol. The Morgan fingerprint density at radius 1 is 0.870 bits per heavy atom. The molecule has 0 heterocycles. The molecule has 2 rings (SSSR count). The lowest BCUT2D eigenvalue weighted by molar-refractivity contribution is -0.149. The molecule has 1 amide bonds. The van der Waals surface area contributed by atoms with E-state index in [1.807, 2.05) is 0 Å². The Bertz CT molecular complexity index is 671. The van der Waals surface area contributed by atoms with E-state index in [1.54, 1.807) is 48.5 Å². The highest BCUT2D eigenvalue weighted by atomic mass is 35.5. The Kier molecular flexibility index (Phi) is 6.26. The van der Waals surface area contributed by atoms with Crippen molar-refractivity contribution in [3.8, 4) is 5.75 Å². The second-order valence-corrected chi connectivity index (χ2v) is 5.33. The van der Waals surface area contributed by atoms with E-state index in [0.29, 0.717) is 21.5 Å². The van der Waals surface area contributed by atoms with Gasteiger partial charge in [0.2, 0.25) is 0 Å². The average Bonchev–Trinajstić information content (AvgIpc) is 2.54. The standard InChI is InChI=1S/C16H13Cl2NO4/c17-11-1-5-13(6-2-11)19-15(20)9-23-16(21)10-22-14-7-3-12(18)4-8-14/h1-8H,9-10H2,(H,19,20). The van der Waals surface area contributed by atoms with Gasteiger partial charge in [-0.3, -0.25) is 4.79 Å². The smallest absolute Gasteiger partial charge is 0.344 e. The molecule has 0 unspecified atom stereocenters. The first-order valence-corrected chi connectivity index (χ1v) is 7.38. The SMILES string of the molecule is O=C(COC(=O)COc1ccc(Cl)cc1)Nc1ccc(Cl)cc1. The van der Waals surface area contributed by atoms with E-state index in [0.717, 1.165) is 0 Å². The minimum absolute atomic E-state index is 0.296. The molecule has 0 aromatic heterocycles. The fourth-order valence-electron chi connectivity index (χ4n) is 1.59. The number of carbonyl (C=O) groups is 2. The molecular formula is C16H13Cl2NO4. The number of esters is 1. The summed E-state index contributed by atoms with van der Waals surface area (Å²) in [5, 5.41) is 3.71. The zero-order valence-electron chi connectivity index (χ0n) is 11.9. The highest BCUT2D eigenvalue weighted by Gasteiger charge is 2.09. The summed E-state index contributed by atoms with van der Waals surface area (Å²) in [7, 11) is 0. The fourth-order valence-corrected chi connectivity index (χ4v) is 1.84. The molecule has 120 valence electrons. The molecule has 0 fully saturated rings. The van der Waals surface area contributed by atoms with Crippen molar-refractivity contribution in [3.05, 3.63) is 58.6 Å². The molecule has 0 spiro atoms. The number of carbonyl (C=O) groups excluding carboxylic acids is 2. The van der Waals surface area contributed by atoms with Crippen molar-refractivity contribution in [3.63, 3.8) is 0 Å². The Morgan fingerprint density at radius 2 is 1.43 bits per heavy atom. The lowest BCUT2D eigenvalue weighted by atomic mass is 10.3. The highest BCUT2D eigenvalue weighted by molar-refractivity contribution is 6.30. The van der Waals surface area contributed by atoms with Crippen molar-refractivity contribution < 1.29 is 19.1 Å². The van der Waals surface area contributed by atoms with E-state index < -0.39 is 18.5 Å². The number of rotatable bonds is 6. The van der Waals surface area contributed by atoms with Crippen molar-refractivity contribution in [1.82, 2.24) is 0 Å². The van der Waals surface area contributed by atoms with E-state index >= 15 is 0 Å². The molecule has 7 heteroatoms. The second-order valence-electron chi connectivity index (χ2n) is 4.46. The van der Waals surface area contributed by atoms with Crippen molar-refractivity contribution in [2.75, 3.05) is 18.5 Å². The summed E-state index contributed by atoms with van der Waals surface area (Å²) < 4.78 is 10.0. The van der Waals surface area contributed by atoms with Crippen LogP contribution in [0.25, 0.3) is 0 Å². The van der Waals surface area contributed by atoms with Gasteiger partial charge in [0.15, 0.2) is 13.2 Å². The third-order valence-corrected chi connectivity index (χ3v) is 3.17. The van der Waals surface area contributed by atoms with Gasteiger partial charge in [0.1, 0.15) is 5.75 Å². The summed E-state index contributed by atoms with van der Waals surface area (Å²) in [6.45, 7) is -0.693. The molecule has 0 saturated carbocycles. The van der Waals surface area contributed by atoms with Gasteiger partial charge in [0.25, 0.3) is 5.91 Å². The fraction of sp³-hybridized carbons (Fsp3) is 0.125. The maximum atomic E-state index is 11.6. The topological polar surface area (TPSA) is 64.6 Å². The second kappa shape index (κ2) is 8.41. The van der Waals surface area contributed by atoms with Crippen LogP contribution >= 0.6 is 23.2 Å². The lowest BCUT2D eigenvalue weighted by Gasteiger charge is -2.08. The minimum atomic E-state index is -0.647. The number of anilines is 1. The number of amides is 1. The normalized spacial score (nSPS) is 10.0. The summed E-state index contributed by atoms with van der Waals surface area (Å²) in [5.41, 5.74) is 0.563. The van der Waals surface area contributed by atoms with Crippen molar-refractivity contribution in [2.24, 2.45) is 0 Å². The van der Waals surface area contributed by atoms with Crippen molar-refractivity contribution in [2.45, 2.75) is 0 Å². The first-order valence-electron chi connectivity index (χ1n) is 6.62. The van der Waals surface area contributed by atoms with Gasteiger partial charge in [0, 0.05) is 15.7 Å². The third-order valence-electron chi connectivity index (χ3n) is 2.66. The van der Waals surface area contributed by atoms with Crippen LogP contribution < -0.4 is 10.1 Å². The predicted molar refractivity (Wildman–Crippen MR) is 88.0 cm³/mol. The number of halogens is 2. The van der Waals surface area contributed by atoms with E-state index in [2.05, 4.69) is 5.32 Å². The van der Waals surface area contributed by atoms with Gasteiger partial charge in [-0.15, -0.1) is 0 Å². The highest BCUT2D eigenvalue weighted by Crippen LogP contribution is 2.15. The van der Waals surface area contributed by atoms with Crippen LogP contribution in [0.4, 0.5) is 5.69 Å². The number of hydrogen-bond acceptors (Lipinski definition) is 4.